The van der Waals surface area contributed by atoms with E-state index in [1.807, 2.05) is 0 Å². The topological polar surface area (TPSA) is 127 Å². The molecular formula is C57H28N2O8. The lowest BCUT2D eigenvalue weighted by Gasteiger charge is -2.13. The van der Waals surface area contributed by atoms with Crippen molar-refractivity contribution in [3.63, 3.8) is 0 Å². The van der Waals surface area contributed by atoms with E-state index in [-0.39, 0.29) is 49.6 Å². The van der Waals surface area contributed by atoms with Gasteiger partial charge in [-0.3, -0.25) is 38.6 Å². The fourth-order valence-corrected chi connectivity index (χ4v) is 4.36. The number of amides is 4. The van der Waals surface area contributed by atoms with Crippen LogP contribution in [0.5, 0.6) is 0 Å². The summed E-state index contributed by atoms with van der Waals surface area (Å²) < 4.78 is 10.4. The molecule has 0 N–H and O–H groups in total. The van der Waals surface area contributed by atoms with Crippen LogP contribution in [0.25, 0.3) is 0 Å². The number of hydrogen-bond donors (Lipinski definition) is 0. The van der Waals surface area contributed by atoms with Crippen molar-refractivity contribution < 1.29 is 38.2 Å². The zero-order valence-corrected chi connectivity index (χ0v) is 35.5. The molecule has 0 saturated heterocycles. The third-order valence-corrected chi connectivity index (χ3v) is 7.18. The molecule has 10 heteroatoms. The highest BCUT2D eigenvalue weighted by Crippen LogP contribution is 2.12. The number of carbonyl (C=O) groups is 6. The van der Waals surface area contributed by atoms with Crippen LogP contribution in [0.15, 0.2) is 232 Å². The highest BCUT2D eigenvalue weighted by atomic mass is 16.7. The third kappa shape index (κ3) is 27.4. The summed E-state index contributed by atoms with van der Waals surface area (Å²) in [6, 6.07) is 0. The second-order valence-corrected chi connectivity index (χ2v) is 11.8. The van der Waals surface area contributed by atoms with Gasteiger partial charge in [0.1, 0.15) is 0 Å². The second-order valence-electron chi connectivity index (χ2n) is 11.8. The summed E-state index contributed by atoms with van der Waals surface area (Å²) in [6.07, 6.45) is 8.48. The number of rotatable bonds is 15. The second kappa shape index (κ2) is 35.7. The van der Waals surface area contributed by atoms with E-state index in [0.29, 0.717) is 44.9 Å². The van der Waals surface area contributed by atoms with E-state index in [0.717, 1.165) is 9.80 Å². The largest absolute Gasteiger partial charge is 0.386 e. The highest BCUT2D eigenvalue weighted by molar-refractivity contribution is 6.13. The lowest BCUT2D eigenvalue weighted by atomic mass is 10.1. The van der Waals surface area contributed by atoms with Crippen LogP contribution in [0.2, 0.25) is 0 Å². The molecule has 0 radical (unpaired) electrons. The normalized spacial score (nSPS) is 9.43. The van der Waals surface area contributed by atoms with Crippen LogP contribution in [0, 0.1) is 0 Å². The Balaban J connectivity index is 2.17. The summed E-state index contributed by atoms with van der Waals surface area (Å²) in [7, 11) is 0. The van der Waals surface area contributed by atoms with Crippen molar-refractivity contribution in [3.8, 4) is 0 Å². The molecule has 0 aromatic heterocycles. The summed E-state index contributed by atoms with van der Waals surface area (Å²) in [5, 5.41) is 0. The lowest BCUT2D eigenvalue weighted by molar-refractivity contribution is -0.154. The fourth-order valence-electron chi connectivity index (χ4n) is 4.36. The first-order valence-electron chi connectivity index (χ1n) is 19.5. The van der Waals surface area contributed by atoms with Crippen LogP contribution in [0.3, 0.4) is 0 Å². The minimum Gasteiger partial charge on any atom is -0.386 e. The molecule has 67 heavy (non-hydrogen) atoms. The predicted molar refractivity (Wildman–Crippen MR) is 234 cm³/mol. The number of hydrogen-bond acceptors (Lipinski definition) is 8. The SMILES string of the molecule is C=C=C=C=C=C=C=C=C=C=C=C=C=C=C=C=C=C=C=C=C=C=C=C=C=C=C=C=C=C=C=C=C=C=C=C(OC(=O)CCCCCCN1C(=O)C=CC1=O)OC(=O)CCCCCN1C(=O)C=CC1=O. The Morgan fingerprint density at radius 3 is 0.881 bits per heavy atom. The number of unbranched alkanes of at least 4 members (excludes halogenated alkanes) is 5. The summed E-state index contributed by atoms with van der Waals surface area (Å²) in [5.74, 6) is -3.41. The van der Waals surface area contributed by atoms with Crippen LogP contribution in [-0.2, 0) is 38.2 Å². The van der Waals surface area contributed by atoms with Gasteiger partial charge in [0.15, 0.2) is 0 Å². The molecule has 0 fully saturated rings. The quantitative estimate of drug-likeness (QED) is 0.0558. The minimum absolute atomic E-state index is 0.00886. The first-order valence-corrected chi connectivity index (χ1v) is 19.5. The van der Waals surface area contributed by atoms with Crippen molar-refractivity contribution in [2.24, 2.45) is 0 Å². The van der Waals surface area contributed by atoms with Gasteiger partial charge in [-0.15, -0.1) is 0 Å². The Labute approximate surface area is 384 Å². The standard InChI is InChI=1S/C57H28N2O8/c1-2-3-4-5-6-7-8-9-10-11-12-13-14-15-16-17-18-19-20-21-22-23-24-25-26-27-28-29-30-31-32-33-39-44-57(67-56(65)43-38-36-41-50-59-53(62)47-48-54(59)63)66-55(64)42-37-34-35-40-49-58-51(60)45-46-52(58)61/h45-48H,1,34-38,40-43,49-50H2. The number of ether oxygens (including phenoxy) is 2. The molecule has 4 amide bonds. The first kappa shape index (κ1) is 52.1. The molecule has 0 atom stereocenters. The van der Waals surface area contributed by atoms with Gasteiger partial charge in [0, 0.05) is 148 Å². The summed E-state index contributed by atoms with van der Waals surface area (Å²) in [5.41, 5.74) is 83.9. The number of nitrogens with zero attached hydrogens (tertiary/aromatic N) is 2. The number of carbonyl (C=O) groups excluding carboxylic acids is 6. The highest BCUT2D eigenvalue weighted by Gasteiger charge is 2.23. The Hall–Kier alpha value is -11.0. The van der Waals surface area contributed by atoms with Crippen molar-refractivity contribution in [2.75, 3.05) is 13.1 Å². The van der Waals surface area contributed by atoms with Crippen molar-refractivity contribution in [2.45, 2.75) is 57.8 Å². The Morgan fingerprint density at radius 2 is 0.597 bits per heavy atom. The predicted octanol–water partition coefficient (Wildman–Crippen LogP) is 7.18. The van der Waals surface area contributed by atoms with E-state index >= 15 is 0 Å². The molecule has 0 bridgehead atoms. The molecule has 2 aliphatic heterocycles. The minimum atomic E-state index is -0.712. The van der Waals surface area contributed by atoms with Crippen LogP contribution < -0.4 is 0 Å². The van der Waals surface area contributed by atoms with Gasteiger partial charge in [-0.2, -0.15) is 0 Å². The zero-order valence-electron chi connectivity index (χ0n) is 35.5. The van der Waals surface area contributed by atoms with Crippen LogP contribution in [-0.4, -0.2) is 58.5 Å². The lowest BCUT2D eigenvalue weighted by Crippen LogP contribution is -2.30. The van der Waals surface area contributed by atoms with Crippen molar-refractivity contribution in [1.82, 2.24) is 9.80 Å². The monoisotopic (exact) mass is 868 g/mol. The maximum atomic E-state index is 12.5. The van der Waals surface area contributed by atoms with Gasteiger partial charge >= 0.3 is 17.9 Å². The number of imide groups is 2. The van der Waals surface area contributed by atoms with Gasteiger partial charge in [0.05, 0.1) is 0 Å². The summed E-state index contributed by atoms with van der Waals surface area (Å²) >= 11 is 0. The molecule has 0 aliphatic carbocycles. The van der Waals surface area contributed by atoms with Crippen LogP contribution >= 0.6 is 0 Å². The molecule has 314 valence electrons. The average molecular weight is 869 g/mol. The van der Waals surface area contributed by atoms with Crippen molar-refractivity contribution in [3.05, 3.63) is 232 Å². The molecule has 0 aromatic carbocycles. The molecule has 10 nitrogen and oxygen atoms in total. The fraction of sp³-hybridized carbons (Fsp3) is 0.193. The van der Waals surface area contributed by atoms with Gasteiger partial charge in [-0.05, 0) is 124 Å². The molecular weight excluding hydrogens is 841 g/mol. The molecule has 2 heterocycles. The van der Waals surface area contributed by atoms with Crippen molar-refractivity contribution in [1.29, 1.82) is 0 Å². The Morgan fingerprint density at radius 1 is 0.358 bits per heavy atom. The van der Waals surface area contributed by atoms with E-state index in [2.05, 4.69) is 201 Å². The van der Waals surface area contributed by atoms with E-state index in [1.165, 1.54) is 24.3 Å². The summed E-state index contributed by atoms with van der Waals surface area (Å²) in [4.78, 5) is 74.0. The van der Waals surface area contributed by atoms with Crippen LogP contribution in [0.1, 0.15) is 57.8 Å². The van der Waals surface area contributed by atoms with E-state index < -0.39 is 17.9 Å². The number of esters is 2. The van der Waals surface area contributed by atoms with Gasteiger partial charge in [-0.1, -0.05) is 25.0 Å². The van der Waals surface area contributed by atoms with Gasteiger partial charge in [0.25, 0.3) is 23.6 Å². The Bertz CT molecular complexity index is 3520. The maximum absolute atomic E-state index is 12.5. The maximum Gasteiger partial charge on any atom is 0.352 e. The van der Waals surface area contributed by atoms with E-state index in [1.54, 1.807) is 0 Å². The van der Waals surface area contributed by atoms with E-state index in [4.69, 9.17) is 9.47 Å². The molecule has 0 saturated carbocycles. The van der Waals surface area contributed by atoms with E-state index in [9.17, 15) is 28.8 Å². The van der Waals surface area contributed by atoms with Gasteiger partial charge in [0.2, 0.25) is 0 Å². The third-order valence-electron chi connectivity index (χ3n) is 7.18. The average Bonchev–Trinajstić information content (AvgIpc) is 3.82. The smallest absolute Gasteiger partial charge is 0.352 e. The van der Waals surface area contributed by atoms with Crippen molar-refractivity contribution >= 4 is 35.6 Å². The Kier molecular flexibility index (Phi) is 27.8. The first-order chi connectivity index (χ1) is 32.8. The van der Waals surface area contributed by atoms with Gasteiger partial charge in [-0.25, -0.2) is 0 Å². The van der Waals surface area contributed by atoms with Gasteiger partial charge < -0.3 is 9.47 Å². The molecule has 2 aliphatic rings. The molecule has 0 spiro atoms. The molecule has 0 unspecified atom stereocenters. The molecule has 2 rings (SSSR count). The zero-order chi connectivity index (χ0) is 48.3. The van der Waals surface area contributed by atoms with Crippen LogP contribution in [0.4, 0.5) is 0 Å². The molecule has 0 aromatic rings. The summed E-state index contributed by atoms with van der Waals surface area (Å²) in [6.45, 7) is 3.82.